The highest BCUT2D eigenvalue weighted by Crippen LogP contribution is 2.20. The van der Waals surface area contributed by atoms with Crippen molar-refractivity contribution in [2.75, 3.05) is 5.32 Å². The first kappa shape index (κ1) is 14.0. The third-order valence-electron chi connectivity index (χ3n) is 3.46. The molecular formula is C17H15N3O2. The maximum absolute atomic E-state index is 10.8. The number of nitrogens with zero attached hydrogens (tertiary/aromatic N) is 2. The molecule has 3 aromatic rings. The molecular weight excluding hydrogens is 278 g/mol. The summed E-state index contributed by atoms with van der Waals surface area (Å²) in [5.41, 5.74) is 3.10. The Morgan fingerprint density at radius 3 is 2.64 bits per heavy atom. The second kappa shape index (κ2) is 5.81. The van der Waals surface area contributed by atoms with Crippen LogP contribution in [0.15, 0.2) is 48.7 Å². The minimum absolute atomic E-state index is 0.248. The van der Waals surface area contributed by atoms with Crippen molar-refractivity contribution in [2.24, 2.45) is 0 Å². The monoisotopic (exact) mass is 293 g/mol. The molecule has 0 unspecified atom stereocenters. The Morgan fingerprint density at radius 1 is 1.18 bits per heavy atom. The number of carboxylic acid groups (broad SMARTS) is 1. The molecule has 0 amide bonds. The van der Waals surface area contributed by atoms with Crippen LogP contribution in [0.5, 0.6) is 0 Å². The lowest BCUT2D eigenvalue weighted by atomic mass is 10.1. The zero-order chi connectivity index (χ0) is 15.5. The Morgan fingerprint density at radius 2 is 1.95 bits per heavy atom. The summed E-state index contributed by atoms with van der Waals surface area (Å²) in [5, 5.41) is 13.0. The van der Waals surface area contributed by atoms with Crippen molar-refractivity contribution in [2.45, 2.75) is 13.3 Å². The van der Waals surface area contributed by atoms with Gasteiger partial charge in [0, 0.05) is 17.3 Å². The van der Waals surface area contributed by atoms with Gasteiger partial charge in [0.25, 0.3) is 0 Å². The number of hydrogen-bond acceptors (Lipinski definition) is 4. The highest BCUT2D eigenvalue weighted by Gasteiger charge is 2.05. The molecule has 0 bridgehead atoms. The Kier molecular flexibility index (Phi) is 3.70. The second-order valence-corrected chi connectivity index (χ2v) is 4.91. The van der Waals surface area contributed by atoms with Gasteiger partial charge in [-0.25, -0.2) is 14.8 Å². The molecule has 1 aromatic heterocycles. The van der Waals surface area contributed by atoms with Crippen LogP contribution in [0.3, 0.4) is 0 Å². The summed E-state index contributed by atoms with van der Waals surface area (Å²) in [6.07, 6.45) is 2.69. The van der Waals surface area contributed by atoms with E-state index in [0.717, 1.165) is 23.0 Å². The molecule has 5 nitrogen and oxygen atoms in total. The van der Waals surface area contributed by atoms with Crippen molar-refractivity contribution in [3.63, 3.8) is 0 Å². The number of carbonyl (C=O) groups is 1. The van der Waals surface area contributed by atoms with Gasteiger partial charge in [-0.2, -0.15) is 0 Å². The van der Waals surface area contributed by atoms with E-state index in [0.29, 0.717) is 5.95 Å². The quantitative estimate of drug-likeness (QED) is 0.768. The molecule has 0 fully saturated rings. The van der Waals surface area contributed by atoms with Crippen LogP contribution in [0.25, 0.3) is 10.9 Å². The van der Waals surface area contributed by atoms with E-state index < -0.39 is 5.97 Å². The van der Waals surface area contributed by atoms with Gasteiger partial charge in [0.1, 0.15) is 0 Å². The molecule has 0 spiro atoms. The summed E-state index contributed by atoms with van der Waals surface area (Å²) in [7, 11) is 0. The van der Waals surface area contributed by atoms with Crippen LogP contribution in [-0.2, 0) is 6.42 Å². The predicted octanol–water partition coefficient (Wildman–Crippen LogP) is 3.63. The summed E-state index contributed by atoms with van der Waals surface area (Å²) in [6, 6.07) is 12.5. The highest BCUT2D eigenvalue weighted by atomic mass is 16.4. The van der Waals surface area contributed by atoms with Gasteiger partial charge in [0.05, 0.1) is 11.1 Å². The number of aryl methyl sites for hydroxylation is 1. The van der Waals surface area contributed by atoms with E-state index in [4.69, 9.17) is 5.11 Å². The van der Waals surface area contributed by atoms with Gasteiger partial charge in [-0.3, -0.25) is 0 Å². The molecule has 2 N–H and O–H groups in total. The van der Waals surface area contributed by atoms with Crippen LogP contribution in [0.1, 0.15) is 22.8 Å². The van der Waals surface area contributed by atoms with Gasteiger partial charge in [-0.05, 0) is 36.2 Å². The third kappa shape index (κ3) is 2.74. The molecule has 0 saturated carbocycles. The largest absolute Gasteiger partial charge is 0.478 e. The second-order valence-electron chi connectivity index (χ2n) is 4.91. The number of rotatable bonds is 4. The third-order valence-corrected chi connectivity index (χ3v) is 3.46. The Bertz CT molecular complexity index is 829. The van der Waals surface area contributed by atoms with Crippen molar-refractivity contribution in [3.05, 3.63) is 59.8 Å². The van der Waals surface area contributed by atoms with Crippen LogP contribution in [0.2, 0.25) is 0 Å². The fourth-order valence-corrected chi connectivity index (χ4v) is 2.29. The molecule has 0 aliphatic rings. The summed E-state index contributed by atoms with van der Waals surface area (Å²) >= 11 is 0. The fourth-order valence-electron chi connectivity index (χ4n) is 2.29. The SMILES string of the molecule is CCc1cccc2cnc(Nc3ccc(C(=O)O)cc3)nc12. The van der Waals surface area contributed by atoms with Gasteiger partial charge in [0.15, 0.2) is 0 Å². The summed E-state index contributed by atoms with van der Waals surface area (Å²) in [4.78, 5) is 19.7. The molecule has 1 heterocycles. The molecule has 0 aliphatic heterocycles. The van der Waals surface area contributed by atoms with E-state index in [1.54, 1.807) is 30.5 Å². The van der Waals surface area contributed by atoms with E-state index in [-0.39, 0.29) is 5.56 Å². The van der Waals surface area contributed by atoms with Crippen molar-refractivity contribution in [1.82, 2.24) is 9.97 Å². The van der Waals surface area contributed by atoms with E-state index >= 15 is 0 Å². The zero-order valence-electron chi connectivity index (χ0n) is 12.1. The fraction of sp³-hybridized carbons (Fsp3) is 0.118. The molecule has 22 heavy (non-hydrogen) atoms. The van der Waals surface area contributed by atoms with Gasteiger partial charge in [0.2, 0.25) is 5.95 Å². The number of nitrogens with one attached hydrogen (secondary N) is 1. The van der Waals surface area contributed by atoms with E-state index in [1.165, 1.54) is 5.56 Å². The first-order valence-corrected chi connectivity index (χ1v) is 7.02. The minimum atomic E-state index is -0.943. The number of fused-ring (bicyclic) bond motifs is 1. The van der Waals surface area contributed by atoms with Crippen molar-refractivity contribution in [3.8, 4) is 0 Å². The van der Waals surface area contributed by atoms with Crippen LogP contribution in [0, 0.1) is 0 Å². The molecule has 0 saturated heterocycles. The standard InChI is InChI=1S/C17H15N3O2/c1-2-11-4-3-5-13-10-18-17(20-15(11)13)19-14-8-6-12(7-9-14)16(21)22/h3-10H,2H2,1H3,(H,21,22)(H,18,19,20). The lowest BCUT2D eigenvalue weighted by molar-refractivity contribution is 0.0697. The Labute approximate surface area is 127 Å². The molecule has 3 rings (SSSR count). The van der Waals surface area contributed by atoms with E-state index in [9.17, 15) is 4.79 Å². The smallest absolute Gasteiger partial charge is 0.335 e. The summed E-state index contributed by atoms with van der Waals surface area (Å²) < 4.78 is 0. The van der Waals surface area contributed by atoms with E-state index in [2.05, 4.69) is 28.3 Å². The number of anilines is 2. The molecule has 2 aromatic carbocycles. The molecule has 0 radical (unpaired) electrons. The van der Waals surface area contributed by atoms with Crippen LogP contribution < -0.4 is 5.32 Å². The number of aromatic carboxylic acids is 1. The predicted molar refractivity (Wildman–Crippen MR) is 85.6 cm³/mol. The molecule has 0 atom stereocenters. The number of carboxylic acids is 1. The van der Waals surface area contributed by atoms with E-state index in [1.807, 2.05) is 12.1 Å². The number of para-hydroxylation sites is 1. The normalized spacial score (nSPS) is 10.6. The lowest BCUT2D eigenvalue weighted by Crippen LogP contribution is -2.00. The Balaban J connectivity index is 1.92. The first-order valence-electron chi connectivity index (χ1n) is 7.02. The van der Waals surface area contributed by atoms with Crippen molar-refractivity contribution >= 4 is 28.5 Å². The zero-order valence-corrected chi connectivity index (χ0v) is 12.1. The molecule has 5 heteroatoms. The van der Waals surface area contributed by atoms with Gasteiger partial charge < -0.3 is 10.4 Å². The lowest BCUT2D eigenvalue weighted by Gasteiger charge is -2.08. The maximum Gasteiger partial charge on any atom is 0.335 e. The molecule has 110 valence electrons. The average Bonchev–Trinajstić information content (AvgIpc) is 2.54. The van der Waals surface area contributed by atoms with Gasteiger partial charge in [-0.1, -0.05) is 25.1 Å². The number of hydrogen-bond donors (Lipinski definition) is 2. The van der Waals surface area contributed by atoms with Gasteiger partial charge in [-0.15, -0.1) is 0 Å². The topological polar surface area (TPSA) is 75.1 Å². The number of aromatic nitrogens is 2. The number of benzene rings is 2. The summed E-state index contributed by atoms with van der Waals surface area (Å²) in [5.74, 6) is -0.447. The average molecular weight is 293 g/mol. The van der Waals surface area contributed by atoms with Crippen LogP contribution in [0.4, 0.5) is 11.6 Å². The highest BCUT2D eigenvalue weighted by molar-refractivity contribution is 5.88. The van der Waals surface area contributed by atoms with Crippen molar-refractivity contribution < 1.29 is 9.90 Å². The van der Waals surface area contributed by atoms with Crippen LogP contribution in [-0.4, -0.2) is 21.0 Å². The Hall–Kier alpha value is -2.95. The first-order chi connectivity index (χ1) is 10.7. The molecule has 0 aliphatic carbocycles. The maximum atomic E-state index is 10.8. The van der Waals surface area contributed by atoms with Gasteiger partial charge >= 0.3 is 5.97 Å². The van der Waals surface area contributed by atoms with Crippen LogP contribution >= 0.6 is 0 Å². The minimum Gasteiger partial charge on any atom is -0.478 e. The summed E-state index contributed by atoms with van der Waals surface area (Å²) in [6.45, 7) is 2.09. The van der Waals surface area contributed by atoms with Crippen molar-refractivity contribution in [1.29, 1.82) is 0 Å².